The van der Waals surface area contributed by atoms with Crippen LogP contribution in [0.2, 0.25) is 0 Å². The molecule has 4 saturated heterocycles. The molecule has 0 aromatic rings. The first-order chi connectivity index (χ1) is 62.8. The van der Waals surface area contributed by atoms with Crippen molar-refractivity contribution in [3.05, 3.63) is 0 Å². The Morgan fingerprint density at radius 1 is 0.412 bits per heavy atom. The predicted molar refractivity (Wildman–Crippen MR) is 494 cm³/mol. The number of nitrogens with one attached hydrogen (secondary N) is 3. The predicted octanol–water partition coefficient (Wildman–Crippen LogP) is 8.92. The van der Waals surface area contributed by atoms with Crippen LogP contribution in [-0.2, 0) is 99.9 Å². The number of rotatable bonds is 76. The van der Waals surface area contributed by atoms with E-state index in [1.807, 2.05) is 4.90 Å². The Morgan fingerprint density at radius 3 is 1.24 bits per heavy atom. The van der Waals surface area contributed by atoms with E-state index in [1.54, 1.807) is 63.5 Å². The smallest absolute Gasteiger partial charge is 0.407 e. The van der Waals surface area contributed by atoms with E-state index in [-0.39, 0.29) is 122 Å². The van der Waals surface area contributed by atoms with E-state index in [9.17, 15) is 89.1 Å². The molecule has 131 heavy (non-hydrogen) atoms. The molecule has 0 radical (unpaired) electrons. The molecule has 4 heterocycles. The van der Waals surface area contributed by atoms with Crippen molar-refractivity contribution >= 4 is 74.7 Å². The average molecular weight is 1920 g/mol. The highest BCUT2D eigenvalue weighted by atomic mass is 33.1. The van der Waals surface area contributed by atoms with Gasteiger partial charge in [0.15, 0.2) is 18.9 Å². The number of ketones is 3. The molecular weight excluding hydrogens is 1750 g/mol. The SMILES string of the molecule is CC1C(OCCCC(=O)CCCCCCCNC(=O)OCCCC(C)(CCCOC(=O)CCCCCCCNC(=O)CCCOC2OC(CO)C(O)C(O)C2C)CCCOC(=O)CCCCCCCNC(=O)CCCOC2OC(CO)C(O)C(O)C2C)OC(CO)C(O)C1O.COC[C@H]1C[C@H](OC)CN1C(=O)CCCCC(=O)CCC(C)(C)SSCCOCCOCCC(C)=O. The van der Waals surface area contributed by atoms with Gasteiger partial charge in [0, 0.05) is 133 Å². The van der Waals surface area contributed by atoms with Gasteiger partial charge >= 0.3 is 18.0 Å². The van der Waals surface area contributed by atoms with Crippen LogP contribution in [0.1, 0.15) is 292 Å². The standard InChI is InChI=1S/C68H123N3O24.C26H47NO7S2/c1-47-58(80)61(83)51(44-72)93-64(47)89-38-20-27-50(75)26-14-8-5-13-19-37-71-67(86)92-43-25-34-68(4,32-23-41-87-56(78)30-15-9-6-11-17-35-69-54(76)28-21-39-90-65-48(2)59(81)62(84)52(45-73)94-65)33-24-42-88-57(79)31-16-10-7-12-18-36-70-55(77)29-22-40-91-66-49(3)60(82)63(85)53(46-74)95-66;1-21(28)11-13-33-14-15-34-16-17-35-36-26(2,3)12-10-23(29)8-6-7-9-25(30)27-19-24(32-5)18-22(27)20-31-4/h47-49,51-53,58-66,72-74,80-85H,5-46H2,1-4H3,(H,69,76)(H,70,77)(H,71,86);22,24H,6-20H2,1-5H3/t;22-,24+/m.1/s1. The van der Waals surface area contributed by atoms with Crippen LogP contribution in [0, 0.1) is 23.2 Å². The van der Waals surface area contributed by atoms with Crippen LogP contribution >= 0.6 is 21.6 Å². The first-order valence-corrected chi connectivity index (χ1v) is 50.9. The molecular formula is C94H170N4O31S2. The van der Waals surface area contributed by atoms with Crippen LogP contribution in [-0.4, -0.2) is 333 Å². The molecule has 0 aliphatic carbocycles. The maximum absolute atomic E-state index is 12.7. The molecule has 35 nitrogen and oxygen atoms in total. The van der Waals surface area contributed by atoms with Crippen LogP contribution < -0.4 is 16.0 Å². The van der Waals surface area contributed by atoms with E-state index in [0.717, 1.165) is 134 Å². The lowest BCUT2D eigenvalue weighted by Gasteiger charge is -2.40. The number of unbranched alkanes of at least 4 members (excludes halogenated alkanes) is 13. The number of likely N-dealkylation sites (tertiary alicyclic amines) is 1. The lowest BCUT2D eigenvalue weighted by molar-refractivity contribution is -0.282. The third-order valence-electron chi connectivity index (χ3n) is 24.4. The largest absolute Gasteiger partial charge is 0.466 e. The van der Waals surface area contributed by atoms with E-state index in [0.29, 0.717) is 162 Å². The molecule has 4 fully saturated rings. The van der Waals surface area contributed by atoms with Crippen molar-refractivity contribution in [2.75, 3.05) is 139 Å². The summed E-state index contributed by atoms with van der Waals surface area (Å²) in [7, 11) is 6.89. The Labute approximate surface area is 787 Å². The van der Waals surface area contributed by atoms with Gasteiger partial charge in [-0.3, -0.25) is 38.4 Å². The number of aliphatic hydroxyl groups is 9. The normalized spacial score (nSPS) is 24.3. The molecule has 4 amide bonds. The van der Waals surface area contributed by atoms with Gasteiger partial charge in [0.1, 0.15) is 54.0 Å². The fraction of sp³-hybridized carbons (Fsp3) is 0.904. The van der Waals surface area contributed by atoms with Crippen LogP contribution in [0.5, 0.6) is 0 Å². The van der Waals surface area contributed by atoms with Crippen LogP contribution in [0.15, 0.2) is 0 Å². The van der Waals surface area contributed by atoms with Gasteiger partial charge < -0.3 is 128 Å². The van der Waals surface area contributed by atoms with Gasteiger partial charge in [-0.25, -0.2) is 4.79 Å². The van der Waals surface area contributed by atoms with Crippen LogP contribution in [0.4, 0.5) is 4.79 Å². The van der Waals surface area contributed by atoms with Crippen molar-refractivity contribution in [2.45, 2.75) is 383 Å². The van der Waals surface area contributed by atoms with E-state index in [4.69, 9.17) is 61.6 Å². The average Bonchev–Trinajstić information content (AvgIpc) is 1.72. The lowest BCUT2D eigenvalue weighted by atomic mass is 9.77. The lowest BCUT2D eigenvalue weighted by Crippen LogP contribution is -2.55. The number of hydrogen-bond acceptors (Lipinski definition) is 33. The third kappa shape index (κ3) is 54.5. The van der Waals surface area contributed by atoms with Crippen LogP contribution in [0.3, 0.4) is 0 Å². The van der Waals surface area contributed by atoms with E-state index in [2.05, 4.69) is 36.7 Å². The topological polar surface area (TPSA) is 495 Å². The van der Waals surface area contributed by atoms with Gasteiger partial charge in [0.05, 0.1) is 123 Å². The summed E-state index contributed by atoms with van der Waals surface area (Å²) in [5.41, 5.74) is -0.206. The maximum atomic E-state index is 12.7. The van der Waals surface area contributed by atoms with Crippen molar-refractivity contribution in [1.82, 2.24) is 20.9 Å². The van der Waals surface area contributed by atoms with E-state index < -0.39 is 117 Å². The summed E-state index contributed by atoms with van der Waals surface area (Å²) in [6, 6.07) is 0.0795. The van der Waals surface area contributed by atoms with Gasteiger partial charge in [0.25, 0.3) is 0 Å². The highest BCUT2D eigenvalue weighted by molar-refractivity contribution is 8.77. The molecule has 0 aromatic carbocycles. The summed E-state index contributed by atoms with van der Waals surface area (Å²) in [5.74, 6) is -0.632. The summed E-state index contributed by atoms with van der Waals surface area (Å²) in [4.78, 5) is 113. The number of ether oxygens (including phenoxy) is 13. The fourth-order valence-electron chi connectivity index (χ4n) is 15.8. The Morgan fingerprint density at radius 2 is 0.802 bits per heavy atom. The first-order valence-electron chi connectivity index (χ1n) is 48.6. The second kappa shape index (κ2) is 72.8. The zero-order chi connectivity index (χ0) is 96.6. The Balaban J connectivity index is 0.00000102. The van der Waals surface area contributed by atoms with Crippen molar-refractivity contribution in [3.8, 4) is 0 Å². The molecule has 0 spiro atoms. The number of methoxy groups -OCH3 is 2. The Bertz CT molecular complexity index is 2840. The molecule has 37 heteroatoms. The maximum Gasteiger partial charge on any atom is 0.407 e. The van der Waals surface area contributed by atoms with Crippen molar-refractivity contribution in [1.29, 1.82) is 0 Å². The number of hydrogen-bond donors (Lipinski definition) is 12. The molecule has 4 aliphatic heterocycles. The summed E-state index contributed by atoms with van der Waals surface area (Å²) in [6.07, 6.45) is 12.7. The minimum atomic E-state index is -1.20. The van der Waals surface area contributed by atoms with E-state index in [1.165, 1.54) is 0 Å². The molecule has 12 N–H and O–H groups in total. The number of nitrogens with zero attached hydrogens (tertiary/aromatic N) is 1. The fourth-order valence-corrected chi connectivity index (χ4v) is 18.3. The molecule has 4 rings (SSSR count). The van der Waals surface area contributed by atoms with Crippen LogP contribution in [0.25, 0.3) is 0 Å². The molecule has 17 atom stereocenters. The van der Waals surface area contributed by atoms with Crippen molar-refractivity contribution in [2.24, 2.45) is 23.2 Å². The molecule has 0 bridgehead atoms. The number of Topliss-reactive ketones (excluding diaryl/α,β-unsaturated/α-hetero) is 3. The summed E-state index contributed by atoms with van der Waals surface area (Å²) < 4.78 is 72.1. The van der Waals surface area contributed by atoms with Gasteiger partial charge in [0.2, 0.25) is 17.7 Å². The highest BCUT2D eigenvalue weighted by Gasteiger charge is 2.45. The second-order valence-electron chi connectivity index (χ2n) is 36.4. The number of amides is 4. The quantitative estimate of drug-likeness (QED) is 0.0117. The number of alkyl carbamates (subject to hydrolysis) is 1. The van der Waals surface area contributed by atoms with Gasteiger partial charge in [-0.15, -0.1) is 0 Å². The molecule has 4 aliphatic rings. The third-order valence-corrected chi connectivity index (χ3v) is 27.7. The first kappa shape index (κ1) is 121. The van der Waals surface area contributed by atoms with Crippen molar-refractivity contribution < 1.29 is 151 Å². The highest BCUT2D eigenvalue weighted by Crippen LogP contribution is 2.40. The Hall–Kier alpha value is -4.43. The second-order valence-corrected chi connectivity index (χ2v) is 39.5. The molecule has 764 valence electrons. The molecule has 15 unspecified atom stereocenters. The zero-order valence-corrected chi connectivity index (χ0v) is 82.0. The summed E-state index contributed by atoms with van der Waals surface area (Å²) in [6.45, 7) is 18.1. The number of esters is 2. The minimum absolute atomic E-state index is 0.0100. The number of aliphatic hydroxyl groups excluding tert-OH is 9. The monoisotopic (exact) mass is 1920 g/mol. The molecule has 0 aromatic heterocycles. The summed E-state index contributed by atoms with van der Waals surface area (Å²) in [5, 5.41) is 97.6. The van der Waals surface area contributed by atoms with Crippen molar-refractivity contribution in [3.63, 3.8) is 0 Å². The number of carbonyl (C=O) groups excluding carboxylic acids is 9. The Kier molecular flexibility index (Phi) is 67.1. The van der Waals surface area contributed by atoms with Gasteiger partial charge in [-0.2, -0.15) is 0 Å². The minimum Gasteiger partial charge on any atom is -0.466 e. The zero-order valence-electron chi connectivity index (χ0n) is 80.4. The van der Waals surface area contributed by atoms with Gasteiger partial charge in [-0.1, -0.05) is 107 Å². The molecule has 0 saturated carbocycles. The van der Waals surface area contributed by atoms with E-state index >= 15 is 0 Å². The summed E-state index contributed by atoms with van der Waals surface area (Å²) >= 11 is 0. The van der Waals surface area contributed by atoms with Gasteiger partial charge in [-0.05, 0) is 148 Å². The number of carbonyl (C=O) groups is 9.